The SMILES string of the molecule is Cc1ccc(N2CCCOCCC2)cc1. The van der Waals surface area contributed by atoms with Crippen LogP contribution in [-0.2, 0) is 4.74 Å². The Morgan fingerprint density at radius 1 is 1.00 bits per heavy atom. The van der Waals surface area contributed by atoms with Crippen molar-refractivity contribution in [3.63, 3.8) is 0 Å². The Morgan fingerprint density at radius 2 is 1.60 bits per heavy atom. The minimum absolute atomic E-state index is 0.905. The first-order chi connectivity index (χ1) is 7.36. The van der Waals surface area contributed by atoms with Gasteiger partial charge >= 0.3 is 0 Å². The minimum Gasteiger partial charge on any atom is -0.381 e. The maximum Gasteiger partial charge on any atom is 0.0482 e. The molecule has 2 rings (SSSR count). The first kappa shape index (κ1) is 10.5. The molecule has 1 aliphatic heterocycles. The Balaban J connectivity index is 2.03. The van der Waals surface area contributed by atoms with Crippen molar-refractivity contribution < 1.29 is 4.74 Å². The Hall–Kier alpha value is -1.02. The highest BCUT2D eigenvalue weighted by Crippen LogP contribution is 2.16. The summed E-state index contributed by atoms with van der Waals surface area (Å²) in [4.78, 5) is 2.46. The van der Waals surface area contributed by atoms with E-state index in [1.165, 1.54) is 11.3 Å². The summed E-state index contributed by atoms with van der Waals surface area (Å²) in [5.41, 5.74) is 2.68. The fraction of sp³-hybridized carbons (Fsp3) is 0.538. The summed E-state index contributed by atoms with van der Waals surface area (Å²) in [5.74, 6) is 0. The van der Waals surface area contributed by atoms with Crippen LogP contribution in [0.1, 0.15) is 18.4 Å². The van der Waals surface area contributed by atoms with E-state index in [0.29, 0.717) is 0 Å². The number of hydrogen-bond donors (Lipinski definition) is 0. The molecule has 1 heterocycles. The Bertz CT molecular complexity index is 286. The summed E-state index contributed by atoms with van der Waals surface area (Å²) in [6, 6.07) is 8.81. The molecule has 1 fully saturated rings. The summed E-state index contributed by atoms with van der Waals surface area (Å²) >= 11 is 0. The second-order valence-electron chi connectivity index (χ2n) is 4.14. The molecule has 0 aliphatic carbocycles. The van der Waals surface area contributed by atoms with E-state index in [-0.39, 0.29) is 0 Å². The van der Waals surface area contributed by atoms with E-state index < -0.39 is 0 Å². The molecule has 1 aromatic carbocycles. The molecule has 0 unspecified atom stereocenters. The third kappa shape index (κ3) is 2.96. The predicted octanol–water partition coefficient (Wildman–Crippen LogP) is 2.61. The standard InChI is InChI=1S/C13H19NO/c1-12-4-6-13(7-5-12)14-8-2-10-15-11-3-9-14/h4-7H,2-3,8-11H2,1H3. The van der Waals surface area contributed by atoms with E-state index in [9.17, 15) is 0 Å². The zero-order valence-electron chi connectivity index (χ0n) is 9.41. The van der Waals surface area contributed by atoms with Crippen LogP contribution in [0.2, 0.25) is 0 Å². The van der Waals surface area contributed by atoms with Crippen molar-refractivity contribution in [2.24, 2.45) is 0 Å². The molecule has 15 heavy (non-hydrogen) atoms. The van der Waals surface area contributed by atoms with Crippen molar-refractivity contribution in [3.8, 4) is 0 Å². The lowest BCUT2D eigenvalue weighted by molar-refractivity contribution is 0.124. The molecular weight excluding hydrogens is 186 g/mol. The van der Waals surface area contributed by atoms with Crippen LogP contribution in [0.5, 0.6) is 0 Å². The van der Waals surface area contributed by atoms with Crippen LogP contribution in [0.25, 0.3) is 0 Å². The monoisotopic (exact) mass is 205 g/mol. The van der Waals surface area contributed by atoms with Gasteiger partial charge in [-0.25, -0.2) is 0 Å². The quantitative estimate of drug-likeness (QED) is 0.698. The molecule has 0 saturated carbocycles. The maximum atomic E-state index is 5.45. The summed E-state index contributed by atoms with van der Waals surface area (Å²) < 4.78 is 5.45. The van der Waals surface area contributed by atoms with Crippen LogP contribution >= 0.6 is 0 Å². The summed E-state index contributed by atoms with van der Waals surface area (Å²) in [6.07, 6.45) is 2.27. The van der Waals surface area contributed by atoms with E-state index in [2.05, 4.69) is 36.1 Å². The smallest absolute Gasteiger partial charge is 0.0482 e. The lowest BCUT2D eigenvalue weighted by Gasteiger charge is -2.27. The van der Waals surface area contributed by atoms with Crippen LogP contribution < -0.4 is 4.90 Å². The van der Waals surface area contributed by atoms with Crippen LogP contribution in [0.4, 0.5) is 5.69 Å². The molecule has 0 amide bonds. The van der Waals surface area contributed by atoms with Gasteiger partial charge in [0.1, 0.15) is 0 Å². The Kier molecular flexibility index (Phi) is 3.62. The Labute approximate surface area is 91.9 Å². The summed E-state index contributed by atoms with van der Waals surface area (Å²) in [6.45, 7) is 6.17. The average molecular weight is 205 g/mol. The lowest BCUT2D eigenvalue weighted by atomic mass is 10.2. The first-order valence-electron chi connectivity index (χ1n) is 5.75. The van der Waals surface area contributed by atoms with Crippen molar-refractivity contribution in [1.29, 1.82) is 0 Å². The minimum atomic E-state index is 0.905. The molecule has 82 valence electrons. The van der Waals surface area contributed by atoms with E-state index in [4.69, 9.17) is 4.74 Å². The fourth-order valence-electron chi connectivity index (χ4n) is 1.94. The largest absolute Gasteiger partial charge is 0.381 e. The van der Waals surface area contributed by atoms with E-state index in [1.807, 2.05) is 0 Å². The number of rotatable bonds is 1. The molecule has 1 saturated heterocycles. The van der Waals surface area contributed by atoms with Crippen LogP contribution in [0, 0.1) is 6.92 Å². The van der Waals surface area contributed by atoms with Gasteiger partial charge in [-0.3, -0.25) is 0 Å². The first-order valence-corrected chi connectivity index (χ1v) is 5.75. The third-order valence-corrected chi connectivity index (χ3v) is 2.83. The van der Waals surface area contributed by atoms with Gasteiger partial charge in [0.25, 0.3) is 0 Å². The normalized spacial score (nSPS) is 18.3. The lowest BCUT2D eigenvalue weighted by Crippen LogP contribution is -2.29. The molecule has 0 N–H and O–H groups in total. The number of nitrogens with zero attached hydrogens (tertiary/aromatic N) is 1. The molecule has 2 nitrogen and oxygen atoms in total. The van der Waals surface area contributed by atoms with Gasteiger partial charge in [0.2, 0.25) is 0 Å². The number of benzene rings is 1. The van der Waals surface area contributed by atoms with Crippen molar-refractivity contribution in [2.45, 2.75) is 19.8 Å². The second-order valence-corrected chi connectivity index (χ2v) is 4.14. The molecule has 0 aromatic heterocycles. The highest BCUT2D eigenvalue weighted by Gasteiger charge is 2.08. The fourth-order valence-corrected chi connectivity index (χ4v) is 1.94. The third-order valence-electron chi connectivity index (χ3n) is 2.83. The van der Waals surface area contributed by atoms with Gasteiger partial charge in [-0.2, -0.15) is 0 Å². The molecular formula is C13H19NO. The second kappa shape index (κ2) is 5.17. The maximum absolute atomic E-state index is 5.45. The zero-order valence-corrected chi connectivity index (χ0v) is 9.41. The van der Waals surface area contributed by atoms with Crippen LogP contribution in [-0.4, -0.2) is 26.3 Å². The highest BCUT2D eigenvalue weighted by atomic mass is 16.5. The van der Waals surface area contributed by atoms with Gasteiger partial charge in [-0.15, -0.1) is 0 Å². The van der Waals surface area contributed by atoms with E-state index in [0.717, 1.165) is 39.1 Å². The number of anilines is 1. The predicted molar refractivity (Wildman–Crippen MR) is 63.4 cm³/mol. The number of ether oxygens (including phenoxy) is 1. The van der Waals surface area contributed by atoms with Gasteiger partial charge in [0, 0.05) is 32.0 Å². The topological polar surface area (TPSA) is 12.5 Å². The molecule has 1 aliphatic rings. The van der Waals surface area contributed by atoms with Crippen molar-refractivity contribution >= 4 is 5.69 Å². The van der Waals surface area contributed by atoms with E-state index in [1.54, 1.807) is 0 Å². The van der Waals surface area contributed by atoms with Gasteiger partial charge in [0.15, 0.2) is 0 Å². The van der Waals surface area contributed by atoms with Gasteiger partial charge in [0.05, 0.1) is 0 Å². The van der Waals surface area contributed by atoms with Crippen molar-refractivity contribution in [2.75, 3.05) is 31.2 Å². The highest BCUT2D eigenvalue weighted by molar-refractivity contribution is 5.47. The van der Waals surface area contributed by atoms with Crippen LogP contribution in [0.15, 0.2) is 24.3 Å². The van der Waals surface area contributed by atoms with Gasteiger partial charge in [-0.1, -0.05) is 17.7 Å². The van der Waals surface area contributed by atoms with Crippen molar-refractivity contribution in [3.05, 3.63) is 29.8 Å². The molecule has 2 heteroatoms. The molecule has 1 aromatic rings. The van der Waals surface area contributed by atoms with Crippen LogP contribution in [0.3, 0.4) is 0 Å². The molecule has 0 spiro atoms. The molecule has 0 bridgehead atoms. The Morgan fingerprint density at radius 3 is 2.20 bits per heavy atom. The number of aryl methyl sites for hydroxylation is 1. The summed E-state index contributed by atoms with van der Waals surface area (Å²) in [7, 11) is 0. The van der Waals surface area contributed by atoms with E-state index >= 15 is 0 Å². The zero-order chi connectivity index (χ0) is 10.5. The summed E-state index contributed by atoms with van der Waals surface area (Å²) in [5, 5.41) is 0. The molecule has 0 atom stereocenters. The average Bonchev–Trinajstić information content (AvgIpc) is 2.19. The van der Waals surface area contributed by atoms with Gasteiger partial charge in [-0.05, 0) is 31.9 Å². The molecule has 0 radical (unpaired) electrons. The van der Waals surface area contributed by atoms with Gasteiger partial charge < -0.3 is 9.64 Å². The number of hydrogen-bond acceptors (Lipinski definition) is 2. The van der Waals surface area contributed by atoms with Crippen molar-refractivity contribution in [1.82, 2.24) is 0 Å².